The molecule has 0 spiro atoms. The maximum atomic E-state index is 12.6. The summed E-state index contributed by atoms with van der Waals surface area (Å²) in [5, 5.41) is 9.72. The van der Waals surface area contributed by atoms with Crippen LogP contribution in [0.4, 0.5) is 5.82 Å². The van der Waals surface area contributed by atoms with E-state index in [1.54, 1.807) is 6.20 Å². The fourth-order valence-electron chi connectivity index (χ4n) is 4.91. The lowest BCUT2D eigenvalue weighted by atomic mass is 9.81. The summed E-state index contributed by atoms with van der Waals surface area (Å²) < 4.78 is 0. The molecule has 4 rings (SSSR count). The molecule has 3 aliphatic rings. The predicted molar refractivity (Wildman–Crippen MR) is 98.2 cm³/mol. The zero-order valence-corrected chi connectivity index (χ0v) is 15.4. The fraction of sp³-hybridized carbons (Fsp3) is 0.650. The van der Waals surface area contributed by atoms with Gasteiger partial charge in [0.1, 0.15) is 5.82 Å². The molecule has 1 aliphatic carbocycles. The molecule has 26 heavy (non-hydrogen) atoms. The number of carboxylic acid groups (broad SMARTS) is 1. The molecule has 1 aromatic heterocycles. The highest BCUT2D eigenvalue weighted by Gasteiger charge is 2.55. The van der Waals surface area contributed by atoms with Gasteiger partial charge < -0.3 is 14.9 Å². The van der Waals surface area contributed by atoms with E-state index in [1.807, 2.05) is 17.0 Å². The van der Waals surface area contributed by atoms with Gasteiger partial charge in [-0.05, 0) is 49.7 Å². The standard InChI is InChI=1S/C20H27N3O3/c1-14-6-9-22(10-7-14)18(24)15-4-5-17(21-11-15)23-12-16-3-2-8-20(16,13-23)19(25)26/h4-5,11,14,16H,2-3,6-10,12-13H2,1H3,(H,25,26)/t16-,20+/m0/s1. The van der Waals surface area contributed by atoms with E-state index in [9.17, 15) is 14.7 Å². The van der Waals surface area contributed by atoms with Gasteiger partial charge in [-0.3, -0.25) is 9.59 Å². The van der Waals surface area contributed by atoms with Crippen LogP contribution in [0.2, 0.25) is 0 Å². The highest BCUT2D eigenvalue weighted by Crippen LogP contribution is 2.49. The van der Waals surface area contributed by atoms with Crippen molar-refractivity contribution in [2.75, 3.05) is 31.1 Å². The number of anilines is 1. The van der Waals surface area contributed by atoms with Crippen molar-refractivity contribution < 1.29 is 14.7 Å². The number of aromatic nitrogens is 1. The highest BCUT2D eigenvalue weighted by molar-refractivity contribution is 5.94. The lowest BCUT2D eigenvalue weighted by Gasteiger charge is -2.30. The van der Waals surface area contributed by atoms with Crippen molar-refractivity contribution >= 4 is 17.7 Å². The summed E-state index contributed by atoms with van der Waals surface area (Å²) in [5.74, 6) is 1.06. The summed E-state index contributed by atoms with van der Waals surface area (Å²) >= 11 is 0. The number of hydrogen-bond donors (Lipinski definition) is 1. The molecular weight excluding hydrogens is 330 g/mol. The van der Waals surface area contributed by atoms with E-state index in [-0.39, 0.29) is 11.8 Å². The van der Waals surface area contributed by atoms with E-state index in [0.717, 1.165) is 57.6 Å². The Kier molecular flexibility index (Phi) is 4.37. The summed E-state index contributed by atoms with van der Waals surface area (Å²) in [6.07, 6.45) is 6.50. The van der Waals surface area contributed by atoms with Crippen molar-refractivity contribution in [3.8, 4) is 0 Å². The molecule has 6 heteroatoms. The number of hydrogen-bond acceptors (Lipinski definition) is 4. The number of carboxylic acids is 1. The number of fused-ring (bicyclic) bond motifs is 1. The number of rotatable bonds is 3. The van der Waals surface area contributed by atoms with Crippen LogP contribution in [0.15, 0.2) is 18.3 Å². The van der Waals surface area contributed by atoms with Crippen LogP contribution in [0.25, 0.3) is 0 Å². The monoisotopic (exact) mass is 357 g/mol. The Morgan fingerprint density at radius 1 is 1.23 bits per heavy atom. The lowest BCUT2D eigenvalue weighted by molar-refractivity contribution is -0.149. The molecule has 140 valence electrons. The predicted octanol–water partition coefficient (Wildman–Crippen LogP) is 2.64. The quantitative estimate of drug-likeness (QED) is 0.900. The SMILES string of the molecule is CC1CCN(C(=O)c2ccc(N3C[C@@H]4CCC[C@@]4(C(=O)O)C3)nc2)CC1. The second-order valence-corrected chi connectivity index (χ2v) is 8.31. The van der Waals surface area contributed by atoms with Crippen molar-refractivity contribution in [2.24, 2.45) is 17.3 Å². The summed E-state index contributed by atoms with van der Waals surface area (Å²) in [6, 6.07) is 3.71. The minimum Gasteiger partial charge on any atom is -0.481 e. The van der Waals surface area contributed by atoms with Crippen molar-refractivity contribution in [3.05, 3.63) is 23.9 Å². The van der Waals surface area contributed by atoms with Crippen molar-refractivity contribution in [1.29, 1.82) is 0 Å². The van der Waals surface area contributed by atoms with Gasteiger partial charge in [0.15, 0.2) is 0 Å². The van der Waals surface area contributed by atoms with E-state index in [0.29, 0.717) is 18.0 Å². The summed E-state index contributed by atoms with van der Waals surface area (Å²) in [5.41, 5.74) is 0.0105. The van der Waals surface area contributed by atoms with E-state index < -0.39 is 11.4 Å². The second-order valence-electron chi connectivity index (χ2n) is 8.31. The van der Waals surface area contributed by atoms with Crippen LogP contribution in [0.5, 0.6) is 0 Å². The molecule has 0 radical (unpaired) electrons. The number of pyridine rings is 1. The van der Waals surface area contributed by atoms with Crippen molar-refractivity contribution in [1.82, 2.24) is 9.88 Å². The van der Waals surface area contributed by atoms with Crippen LogP contribution >= 0.6 is 0 Å². The van der Waals surface area contributed by atoms with Crippen LogP contribution in [0.3, 0.4) is 0 Å². The van der Waals surface area contributed by atoms with Gasteiger partial charge in [-0.15, -0.1) is 0 Å². The molecular formula is C20H27N3O3. The molecule has 2 aliphatic heterocycles. The molecule has 0 unspecified atom stereocenters. The Labute approximate surface area is 154 Å². The van der Waals surface area contributed by atoms with E-state index in [2.05, 4.69) is 16.8 Å². The number of likely N-dealkylation sites (tertiary alicyclic amines) is 1. The van der Waals surface area contributed by atoms with Gasteiger partial charge in [0.05, 0.1) is 11.0 Å². The Morgan fingerprint density at radius 3 is 2.62 bits per heavy atom. The Balaban J connectivity index is 1.45. The molecule has 6 nitrogen and oxygen atoms in total. The number of aliphatic carboxylic acids is 1. The van der Waals surface area contributed by atoms with E-state index >= 15 is 0 Å². The number of piperidine rings is 1. The topological polar surface area (TPSA) is 73.7 Å². The van der Waals surface area contributed by atoms with Gasteiger partial charge in [0, 0.05) is 32.4 Å². The molecule has 2 saturated heterocycles. The zero-order chi connectivity index (χ0) is 18.3. The largest absolute Gasteiger partial charge is 0.481 e. The number of carbonyl (C=O) groups is 2. The molecule has 1 aromatic rings. The van der Waals surface area contributed by atoms with Crippen LogP contribution < -0.4 is 4.90 Å². The minimum absolute atomic E-state index is 0.0521. The maximum Gasteiger partial charge on any atom is 0.311 e. The number of nitrogens with zero attached hydrogens (tertiary/aromatic N) is 3. The summed E-state index contributed by atoms with van der Waals surface area (Å²) in [6.45, 7) is 5.13. The van der Waals surface area contributed by atoms with Gasteiger partial charge in [0.25, 0.3) is 5.91 Å². The normalized spacial score (nSPS) is 29.0. The molecule has 1 saturated carbocycles. The zero-order valence-electron chi connectivity index (χ0n) is 15.4. The van der Waals surface area contributed by atoms with Crippen LogP contribution in [0, 0.1) is 17.3 Å². The molecule has 1 amide bonds. The first-order valence-corrected chi connectivity index (χ1v) is 9.73. The Bertz CT molecular complexity index is 697. The van der Waals surface area contributed by atoms with Crippen LogP contribution in [0.1, 0.15) is 49.4 Å². The first kappa shape index (κ1) is 17.3. The maximum absolute atomic E-state index is 12.6. The van der Waals surface area contributed by atoms with Gasteiger partial charge in [0.2, 0.25) is 0 Å². The fourth-order valence-corrected chi connectivity index (χ4v) is 4.91. The third-order valence-electron chi connectivity index (χ3n) is 6.69. The average molecular weight is 357 g/mol. The first-order valence-electron chi connectivity index (χ1n) is 9.73. The molecule has 1 N–H and O–H groups in total. The molecule has 0 bridgehead atoms. The van der Waals surface area contributed by atoms with E-state index in [4.69, 9.17) is 0 Å². The number of carbonyl (C=O) groups excluding carboxylic acids is 1. The van der Waals surface area contributed by atoms with Gasteiger partial charge in [-0.25, -0.2) is 4.98 Å². The van der Waals surface area contributed by atoms with E-state index in [1.165, 1.54) is 0 Å². The second kappa shape index (κ2) is 6.56. The number of amides is 1. The average Bonchev–Trinajstić information content (AvgIpc) is 3.20. The van der Waals surface area contributed by atoms with Gasteiger partial charge in [-0.1, -0.05) is 13.3 Å². The van der Waals surface area contributed by atoms with Crippen LogP contribution in [-0.2, 0) is 4.79 Å². The third kappa shape index (κ3) is 2.85. The first-order chi connectivity index (χ1) is 12.5. The molecule has 3 heterocycles. The van der Waals surface area contributed by atoms with Gasteiger partial charge >= 0.3 is 5.97 Å². The molecule has 3 fully saturated rings. The highest BCUT2D eigenvalue weighted by atomic mass is 16.4. The Hall–Kier alpha value is -2.11. The summed E-state index contributed by atoms with van der Waals surface area (Å²) in [7, 11) is 0. The summed E-state index contributed by atoms with van der Waals surface area (Å²) in [4.78, 5) is 32.9. The van der Waals surface area contributed by atoms with Crippen LogP contribution in [-0.4, -0.2) is 53.0 Å². The Morgan fingerprint density at radius 2 is 2.00 bits per heavy atom. The third-order valence-corrected chi connectivity index (χ3v) is 6.69. The lowest BCUT2D eigenvalue weighted by Crippen LogP contribution is -2.38. The molecule has 2 atom stereocenters. The van der Waals surface area contributed by atoms with Gasteiger partial charge in [-0.2, -0.15) is 0 Å². The van der Waals surface area contributed by atoms with Crippen molar-refractivity contribution in [2.45, 2.75) is 39.0 Å². The van der Waals surface area contributed by atoms with Crippen molar-refractivity contribution in [3.63, 3.8) is 0 Å². The smallest absolute Gasteiger partial charge is 0.311 e. The minimum atomic E-state index is -0.673. The molecule has 0 aromatic carbocycles.